The highest BCUT2D eigenvalue weighted by molar-refractivity contribution is 4.91. The van der Waals surface area contributed by atoms with Crippen molar-refractivity contribution in [1.82, 2.24) is 4.90 Å². The van der Waals surface area contributed by atoms with Gasteiger partial charge in [0, 0.05) is 5.54 Å². The van der Waals surface area contributed by atoms with Gasteiger partial charge in [-0.2, -0.15) is 0 Å². The largest absolute Gasteiger partial charge is 0.298 e. The molecule has 1 aliphatic rings. The first-order chi connectivity index (χ1) is 6.11. The quantitative estimate of drug-likeness (QED) is 0.649. The Balaban J connectivity index is 2.65. The first kappa shape index (κ1) is 11.0. The Labute approximate surface area is 83.5 Å². The molecule has 78 valence electrons. The van der Waals surface area contributed by atoms with Gasteiger partial charge in [-0.15, -0.1) is 0 Å². The summed E-state index contributed by atoms with van der Waals surface area (Å²) in [6, 6.07) is 0. The van der Waals surface area contributed by atoms with Crippen molar-refractivity contribution in [2.45, 2.75) is 58.9 Å². The van der Waals surface area contributed by atoms with Gasteiger partial charge in [-0.05, 0) is 45.2 Å². The summed E-state index contributed by atoms with van der Waals surface area (Å²) < 4.78 is 0. The fourth-order valence-electron chi connectivity index (χ4n) is 2.49. The monoisotopic (exact) mass is 183 g/mol. The molecule has 1 nitrogen and oxygen atoms in total. The van der Waals surface area contributed by atoms with Crippen LogP contribution in [-0.2, 0) is 0 Å². The van der Waals surface area contributed by atoms with Gasteiger partial charge in [-0.1, -0.05) is 27.2 Å². The van der Waals surface area contributed by atoms with Crippen LogP contribution in [0.2, 0.25) is 0 Å². The topological polar surface area (TPSA) is 3.24 Å². The third-order valence-corrected chi connectivity index (χ3v) is 3.82. The molecule has 0 spiro atoms. The van der Waals surface area contributed by atoms with E-state index in [1.807, 2.05) is 0 Å². The lowest BCUT2D eigenvalue weighted by Crippen LogP contribution is -2.53. The minimum Gasteiger partial charge on any atom is -0.298 e. The maximum absolute atomic E-state index is 2.71. The number of likely N-dealkylation sites (tertiary alicyclic amines) is 1. The molecular weight excluding hydrogens is 158 g/mol. The maximum Gasteiger partial charge on any atom is 0.0204 e. The lowest BCUT2D eigenvalue weighted by molar-refractivity contribution is 0.0235. The van der Waals surface area contributed by atoms with Crippen molar-refractivity contribution >= 4 is 0 Å². The minimum atomic E-state index is 0.480. The van der Waals surface area contributed by atoms with Crippen molar-refractivity contribution < 1.29 is 0 Å². The zero-order valence-corrected chi connectivity index (χ0v) is 9.77. The van der Waals surface area contributed by atoms with E-state index in [0.717, 1.165) is 5.92 Å². The third-order valence-electron chi connectivity index (χ3n) is 3.82. The molecule has 1 heterocycles. The van der Waals surface area contributed by atoms with Crippen LogP contribution in [0.25, 0.3) is 0 Å². The third kappa shape index (κ3) is 2.25. The summed E-state index contributed by atoms with van der Waals surface area (Å²) in [4.78, 5) is 2.71. The minimum absolute atomic E-state index is 0.480. The zero-order valence-electron chi connectivity index (χ0n) is 9.77. The van der Waals surface area contributed by atoms with E-state index >= 15 is 0 Å². The van der Waals surface area contributed by atoms with Crippen LogP contribution >= 0.6 is 0 Å². The second kappa shape index (κ2) is 4.45. The molecule has 0 saturated carbocycles. The maximum atomic E-state index is 2.71. The Morgan fingerprint density at radius 1 is 1.31 bits per heavy atom. The molecule has 1 atom stereocenters. The first-order valence-electron chi connectivity index (χ1n) is 5.86. The van der Waals surface area contributed by atoms with Crippen LogP contribution in [0.4, 0.5) is 0 Å². The summed E-state index contributed by atoms with van der Waals surface area (Å²) >= 11 is 0. The number of rotatable bonds is 3. The normalized spacial score (nSPS) is 31.2. The predicted molar refractivity (Wildman–Crippen MR) is 59.0 cm³/mol. The second-order valence-corrected chi connectivity index (χ2v) is 4.96. The second-order valence-electron chi connectivity index (χ2n) is 4.96. The fraction of sp³-hybridized carbons (Fsp3) is 1.00. The highest BCUT2D eigenvalue weighted by atomic mass is 15.2. The molecule has 0 aromatic heterocycles. The summed E-state index contributed by atoms with van der Waals surface area (Å²) in [5.41, 5.74) is 0.480. The first-order valence-corrected chi connectivity index (χ1v) is 5.86. The van der Waals surface area contributed by atoms with Gasteiger partial charge in [0.05, 0.1) is 0 Å². The molecular formula is C12H25N. The van der Waals surface area contributed by atoms with E-state index in [1.54, 1.807) is 0 Å². The van der Waals surface area contributed by atoms with Gasteiger partial charge >= 0.3 is 0 Å². The molecule has 0 aromatic rings. The van der Waals surface area contributed by atoms with E-state index in [-0.39, 0.29) is 0 Å². The van der Waals surface area contributed by atoms with Crippen LogP contribution in [0, 0.1) is 5.92 Å². The number of nitrogens with zero attached hydrogens (tertiary/aromatic N) is 1. The molecule has 0 radical (unpaired) electrons. The van der Waals surface area contributed by atoms with Gasteiger partial charge in [0.15, 0.2) is 0 Å². The average molecular weight is 183 g/mol. The van der Waals surface area contributed by atoms with Crippen LogP contribution < -0.4 is 0 Å². The standard InChI is InChI=1S/C12H25N/c1-5-9-13-10-7-6-8-12(13,4)11(2)3/h11H,5-10H2,1-4H3. The molecule has 1 aliphatic heterocycles. The van der Waals surface area contributed by atoms with Gasteiger partial charge in [0.2, 0.25) is 0 Å². The summed E-state index contributed by atoms with van der Waals surface area (Å²) in [5, 5.41) is 0. The summed E-state index contributed by atoms with van der Waals surface area (Å²) in [6.07, 6.45) is 5.52. The highest BCUT2D eigenvalue weighted by Crippen LogP contribution is 2.34. The molecule has 0 amide bonds. The predicted octanol–water partition coefficient (Wildman–Crippen LogP) is 3.30. The molecule has 13 heavy (non-hydrogen) atoms. The SMILES string of the molecule is CCCN1CCCCC1(C)C(C)C. The van der Waals surface area contributed by atoms with Crippen molar-refractivity contribution in [3.63, 3.8) is 0 Å². The molecule has 0 aliphatic carbocycles. The molecule has 0 N–H and O–H groups in total. The van der Waals surface area contributed by atoms with Crippen molar-refractivity contribution in [3.8, 4) is 0 Å². The van der Waals surface area contributed by atoms with Crippen LogP contribution in [-0.4, -0.2) is 23.5 Å². The van der Waals surface area contributed by atoms with Crippen molar-refractivity contribution in [3.05, 3.63) is 0 Å². The smallest absolute Gasteiger partial charge is 0.0204 e. The van der Waals surface area contributed by atoms with Gasteiger partial charge in [-0.3, -0.25) is 4.90 Å². The molecule has 1 rings (SSSR count). The fourth-order valence-corrected chi connectivity index (χ4v) is 2.49. The number of piperidine rings is 1. The number of hydrogen-bond acceptors (Lipinski definition) is 1. The van der Waals surface area contributed by atoms with Crippen molar-refractivity contribution in [2.75, 3.05) is 13.1 Å². The van der Waals surface area contributed by atoms with E-state index in [2.05, 4.69) is 32.6 Å². The van der Waals surface area contributed by atoms with Crippen molar-refractivity contribution in [1.29, 1.82) is 0 Å². The van der Waals surface area contributed by atoms with E-state index in [0.29, 0.717) is 5.54 Å². The molecule has 0 bridgehead atoms. The van der Waals surface area contributed by atoms with Crippen LogP contribution in [0.3, 0.4) is 0 Å². The van der Waals surface area contributed by atoms with E-state index in [1.165, 1.54) is 38.8 Å². The van der Waals surface area contributed by atoms with Crippen LogP contribution in [0.15, 0.2) is 0 Å². The summed E-state index contributed by atoms with van der Waals surface area (Å²) in [6.45, 7) is 12.1. The Hall–Kier alpha value is -0.0400. The average Bonchev–Trinajstić information content (AvgIpc) is 2.09. The lowest BCUT2D eigenvalue weighted by atomic mass is 9.79. The molecule has 1 unspecified atom stereocenters. The Morgan fingerprint density at radius 3 is 2.54 bits per heavy atom. The van der Waals surface area contributed by atoms with E-state index in [9.17, 15) is 0 Å². The van der Waals surface area contributed by atoms with E-state index in [4.69, 9.17) is 0 Å². The van der Waals surface area contributed by atoms with Gasteiger partial charge < -0.3 is 0 Å². The van der Waals surface area contributed by atoms with Crippen molar-refractivity contribution in [2.24, 2.45) is 5.92 Å². The molecule has 1 fully saturated rings. The van der Waals surface area contributed by atoms with Crippen LogP contribution in [0.5, 0.6) is 0 Å². The number of hydrogen-bond donors (Lipinski definition) is 0. The molecule has 1 heteroatoms. The van der Waals surface area contributed by atoms with Gasteiger partial charge in [0.25, 0.3) is 0 Å². The summed E-state index contributed by atoms with van der Waals surface area (Å²) in [7, 11) is 0. The zero-order chi connectivity index (χ0) is 9.90. The Bertz CT molecular complexity index is 151. The van der Waals surface area contributed by atoms with E-state index < -0.39 is 0 Å². The van der Waals surface area contributed by atoms with Crippen LogP contribution in [0.1, 0.15) is 53.4 Å². The summed E-state index contributed by atoms with van der Waals surface area (Å²) in [5.74, 6) is 0.791. The Morgan fingerprint density at radius 2 is 2.00 bits per heavy atom. The molecule has 0 aromatic carbocycles. The Kier molecular flexibility index (Phi) is 3.78. The highest BCUT2D eigenvalue weighted by Gasteiger charge is 2.36. The van der Waals surface area contributed by atoms with Gasteiger partial charge in [-0.25, -0.2) is 0 Å². The lowest BCUT2D eigenvalue weighted by Gasteiger charge is -2.48. The van der Waals surface area contributed by atoms with Gasteiger partial charge in [0.1, 0.15) is 0 Å². The molecule has 1 saturated heterocycles.